The molecule has 3 nitrogen and oxygen atoms in total. The summed E-state index contributed by atoms with van der Waals surface area (Å²) in [7, 11) is 0. The molecular weight excluding hydrogens is 260 g/mol. The van der Waals surface area contributed by atoms with Gasteiger partial charge < -0.3 is 10.3 Å². The number of hydrogen-bond donors (Lipinski definition) is 2. The van der Waals surface area contributed by atoms with Crippen molar-refractivity contribution in [2.75, 3.05) is 5.32 Å². The maximum absolute atomic E-state index is 12.1. The largest absolute Gasteiger partial charge is 0.361 e. The lowest BCUT2D eigenvalue weighted by molar-refractivity contribution is -0.116. The average Bonchev–Trinajstić information content (AvgIpc) is 2.91. The zero-order valence-electron chi connectivity index (χ0n) is 12.0. The average molecular weight is 278 g/mol. The lowest BCUT2D eigenvalue weighted by Gasteiger charge is -2.07. The summed E-state index contributed by atoms with van der Waals surface area (Å²) in [5.74, 6) is 0.0505. The molecule has 3 heteroatoms. The first-order valence-corrected chi connectivity index (χ1v) is 7.14. The van der Waals surface area contributed by atoms with E-state index in [2.05, 4.69) is 16.4 Å². The highest BCUT2D eigenvalue weighted by molar-refractivity contribution is 5.92. The highest BCUT2D eigenvalue weighted by Gasteiger charge is 2.07. The molecule has 106 valence electrons. The van der Waals surface area contributed by atoms with Gasteiger partial charge >= 0.3 is 0 Å². The van der Waals surface area contributed by atoms with Crippen LogP contribution >= 0.6 is 0 Å². The Kier molecular flexibility index (Phi) is 3.73. The maximum Gasteiger partial charge on any atom is 0.224 e. The molecule has 1 aromatic heterocycles. The molecule has 0 bridgehead atoms. The Morgan fingerprint density at radius 3 is 2.71 bits per heavy atom. The van der Waals surface area contributed by atoms with Crippen molar-refractivity contribution >= 4 is 22.5 Å². The number of benzene rings is 2. The van der Waals surface area contributed by atoms with Gasteiger partial charge in [0.1, 0.15) is 0 Å². The van der Waals surface area contributed by atoms with Gasteiger partial charge in [-0.1, -0.05) is 36.4 Å². The van der Waals surface area contributed by atoms with Crippen molar-refractivity contribution in [3.8, 4) is 0 Å². The standard InChI is InChI=1S/C18H18N2O/c1-13-6-2-4-8-16(13)20-18(21)11-10-14-12-19-17-9-5-3-7-15(14)17/h2-9,12,19H,10-11H2,1H3,(H,20,21). The Labute approximate surface area is 124 Å². The Hall–Kier alpha value is -2.55. The Bertz CT molecular complexity index is 773. The molecule has 0 saturated carbocycles. The number of H-pyrrole nitrogens is 1. The van der Waals surface area contributed by atoms with Gasteiger partial charge in [-0.15, -0.1) is 0 Å². The van der Waals surface area contributed by atoms with E-state index < -0.39 is 0 Å². The summed E-state index contributed by atoms with van der Waals surface area (Å²) in [5, 5.41) is 4.17. The van der Waals surface area contributed by atoms with Crippen LogP contribution in [0, 0.1) is 6.92 Å². The number of aromatic nitrogens is 1. The number of rotatable bonds is 4. The van der Waals surface area contributed by atoms with Crippen LogP contribution in [0.3, 0.4) is 0 Å². The highest BCUT2D eigenvalue weighted by Crippen LogP contribution is 2.19. The molecule has 0 fully saturated rings. The zero-order chi connectivity index (χ0) is 14.7. The van der Waals surface area contributed by atoms with E-state index in [1.807, 2.05) is 55.6 Å². The van der Waals surface area contributed by atoms with Crippen molar-refractivity contribution in [3.63, 3.8) is 0 Å². The smallest absolute Gasteiger partial charge is 0.224 e. The van der Waals surface area contributed by atoms with Gasteiger partial charge in [0.25, 0.3) is 0 Å². The minimum Gasteiger partial charge on any atom is -0.361 e. The summed E-state index contributed by atoms with van der Waals surface area (Å²) in [4.78, 5) is 15.3. The molecule has 1 heterocycles. The minimum absolute atomic E-state index is 0.0505. The van der Waals surface area contributed by atoms with E-state index >= 15 is 0 Å². The van der Waals surface area contributed by atoms with E-state index in [1.54, 1.807) is 0 Å². The van der Waals surface area contributed by atoms with Crippen LogP contribution in [0.4, 0.5) is 5.69 Å². The van der Waals surface area contributed by atoms with Crippen LogP contribution in [0.5, 0.6) is 0 Å². The van der Waals surface area contributed by atoms with E-state index in [0.29, 0.717) is 6.42 Å². The van der Waals surface area contributed by atoms with E-state index in [0.717, 1.165) is 23.2 Å². The molecular formula is C18H18N2O. The van der Waals surface area contributed by atoms with Crippen LogP contribution in [0.2, 0.25) is 0 Å². The molecule has 3 rings (SSSR count). The van der Waals surface area contributed by atoms with Crippen molar-refractivity contribution in [2.45, 2.75) is 19.8 Å². The lowest BCUT2D eigenvalue weighted by Crippen LogP contribution is -2.13. The molecule has 21 heavy (non-hydrogen) atoms. The van der Waals surface area contributed by atoms with Crippen molar-refractivity contribution in [1.29, 1.82) is 0 Å². The Morgan fingerprint density at radius 2 is 1.86 bits per heavy atom. The first-order chi connectivity index (χ1) is 10.2. The van der Waals surface area contributed by atoms with E-state index in [1.165, 1.54) is 10.9 Å². The molecule has 3 aromatic rings. The minimum atomic E-state index is 0.0505. The van der Waals surface area contributed by atoms with Gasteiger partial charge in [0, 0.05) is 29.2 Å². The van der Waals surface area contributed by atoms with Crippen LogP contribution in [0.1, 0.15) is 17.5 Å². The van der Waals surface area contributed by atoms with Gasteiger partial charge in [-0.25, -0.2) is 0 Å². The quantitative estimate of drug-likeness (QED) is 0.743. The van der Waals surface area contributed by atoms with Crippen molar-refractivity contribution < 1.29 is 4.79 Å². The second-order valence-electron chi connectivity index (χ2n) is 5.22. The zero-order valence-corrected chi connectivity index (χ0v) is 12.0. The molecule has 0 aliphatic rings. The molecule has 2 N–H and O–H groups in total. The monoisotopic (exact) mass is 278 g/mol. The predicted molar refractivity (Wildman–Crippen MR) is 86.4 cm³/mol. The summed E-state index contributed by atoms with van der Waals surface area (Å²) < 4.78 is 0. The molecule has 0 spiro atoms. The number of para-hydroxylation sites is 2. The number of aryl methyl sites for hydroxylation is 2. The number of carbonyl (C=O) groups excluding carboxylic acids is 1. The molecule has 1 amide bonds. The molecule has 0 aliphatic heterocycles. The van der Waals surface area contributed by atoms with Gasteiger partial charge in [0.2, 0.25) is 5.91 Å². The number of fused-ring (bicyclic) bond motifs is 1. The van der Waals surface area contributed by atoms with Crippen LogP contribution in [-0.2, 0) is 11.2 Å². The van der Waals surface area contributed by atoms with Gasteiger partial charge in [-0.3, -0.25) is 4.79 Å². The summed E-state index contributed by atoms with van der Waals surface area (Å²) in [6.07, 6.45) is 3.21. The van der Waals surface area contributed by atoms with Gasteiger partial charge in [-0.2, -0.15) is 0 Å². The van der Waals surface area contributed by atoms with E-state index in [4.69, 9.17) is 0 Å². The third-order valence-electron chi connectivity index (χ3n) is 3.72. The lowest BCUT2D eigenvalue weighted by atomic mass is 10.1. The van der Waals surface area contributed by atoms with Crippen LogP contribution < -0.4 is 5.32 Å². The summed E-state index contributed by atoms with van der Waals surface area (Å²) in [6.45, 7) is 2.00. The van der Waals surface area contributed by atoms with Gasteiger partial charge in [-0.05, 0) is 36.6 Å². The van der Waals surface area contributed by atoms with Crippen molar-refractivity contribution in [3.05, 3.63) is 65.9 Å². The van der Waals surface area contributed by atoms with Crippen LogP contribution in [0.25, 0.3) is 10.9 Å². The van der Waals surface area contributed by atoms with E-state index in [-0.39, 0.29) is 5.91 Å². The topological polar surface area (TPSA) is 44.9 Å². The van der Waals surface area contributed by atoms with Gasteiger partial charge in [0.15, 0.2) is 0 Å². The fourth-order valence-corrected chi connectivity index (χ4v) is 2.51. The number of amides is 1. The number of carbonyl (C=O) groups is 1. The Morgan fingerprint density at radius 1 is 1.10 bits per heavy atom. The van der Waals surface area contributed by atoms with Crippen LogP contribution in [0.15, 0.2) is 54.7 Å². The van der Waals surface area contributed by atoms with Crippen molar-refractivity contribution in [1.82, 2.24) is 4.98 Å². The second kappa shape index (κ2) is 5.83. The molecule has 2 aromatic carbocycles. The fraction of sp³-hybridized carbons (Fsp3) is 0.167. The SMILES string of the molecule is Cc1ccccc1NC(=O)CCc1c[nH]c2ccccc12. The Balaban J connectivity index is 1.65. The molecule has 0 aliphatic carbocycles. The van der Waals surface area contributed by atoms with Crippen molar-refractivity contribution in [2.24, 2.45) is 0 Å². The fourth-order valence-electron chi connectivity index (χ4n) is 2.51. The maximum atomic E-state index is 12.1. The first-order valence-electron chi connectivity index (χ1n) is 7.14. The number of nitrogens with one attached hydrogen (secondary N) is 2. The summed E-state index contributed by atoms with van der Waals surface area (Å²) >= 11 is 0. The van der Waals surface area contributed by atoms with Gasteiger partial charge in [0.05, 0.1) is 0 Å². The second-order valence-corrected chi connectivity index (χ2v) is 5.22. The summed E-state index contributed by atoms with van der Waals surface area (Å²) in [6, 6.07) is 16.0. The van der Waals surface area contributed by atoms with E-state index in [9.17, 15) is 4.79 Å². The number of anilines is 1. The third kappa shape index (κ3) is 2.97. The molecule has 0 saturated heterocycles. The highest BCUT2D eigenvalue weighted by atomic mass is 16.1. The third-order valence-corrected chi connectivity index (χ3v) is 3.72. The normalized spacial score (nSPS) is 10.7. The molecule has 0 radical (unpaired) electrons. The number of aromatic amines is 1. The summed E-state index contributed by atoms with van der Waals surface area (Å²) in [5.41, 5.74) is 4.27. The molecule has 0 atom stereocenters. The number of hydrogen-bond acceptors (Lipinski definition) is 1. The first kappa shape index (κ1) is 13.4. The predicted octanol–water partition coefficient (Wildman–Crippen LogP) is 4.05. The molecule has 0 unspecified atom stereocenters. The van der Waals surface area contributed by atoms with Crippen LogP contribution in [-0.4, -0.2) is 10.9 Å².